The lowest BCUT2D eigenvalue weighted by molar-refractivity contribution is 0.452. The van der Waals surface area contributed by atoms with Crippen LogP contribution in [0.5, 0.6) is 0 Å². The molecule has 2 aromatic rings. The molecular formula is C15H19N7. The molecule has 7 nitrogen and oxygen atoms in total. The van der Waals surface area contributed by atoms with Gasteiger partial charge in [-0.3, -0.25) is 0 Å². The first kappa shape index (κ1) is 14.4. The number of piperidine rings is 1. The Balaban J connectivity index is 1.86. The van der Waals surface area contributed by atoms with Gasteiger partial charge in [0.15, 0.2) is 11.5 Å². The predicted molar refractivity (Wildman–Crippen MR) is 81.3 cm³/mol. The van der Waals surface area contributed by atoms with E-state index in [0.717, 1.165) is 31.8 Å². The molecule has 0 amide bonds. The third kappa shape index (κ3) is 2.64. The van der Waals surface area contributed by atoms with Crippen LogP contribution in [0.1, 0.15) is 50.2 Å². The van der Waals surface area contributed by atoms with Gasteiger partial charge in [0.05, 0.1) is 0 Å². The molecule has 1 aliphatic rings. The van der Waals surface area contributed by atoms with E-state index in [1.807, 2.05) is 0 Å². The molecule has 3 rings (SSSR count). The van der Waals surface area contributed by atoms with Crippen LogP contribution in [0.2, 0.25) is 0 Å². The second kappa shape index (κ2) is 6.10. The van der Waals surface area contributed by atoms with E-state index in [9.17, 15) is 5.26 Å². The molecule has 7 heteroatoms. The Kier molecular flexibility index (Phi) is 4.00. The van der Waals surface area contributed by atoms with Gasteiger partial charge in [-0.1, -0.05) is 0 Å². The lowest BCUT2D eigenvalue weighted by Crippen LogP contribution is -2.36. The van der Waals surface area contributed by atoms with Gasteiger partial charge < -0.3 is 9.47 Å². The summed E-state index contributed by atoms with van der Waals surface area (Å²) in [4.78, 5) is 10.6. The van der Waals surface area contributed by atoms with E-state index < -0.39 is 0 Å². The van der Waals surface area contributed by atoms with Crippen LogP contribution in [0, 0.1) is 11.3 Å². The molecule has 1 atom stereocenters. The standard InChI is InChI=1S/C15H19N7/c1-11(2)22-10-19-20-14(22)12-4-3-7-21(9-12)15-13(8-16)17-5-6-18-15/h5-6,10-12H,3-4,7,9H2,1-2H3/t12-/m1/s1. The first-order valence-electron chi connectivity index (χ1n) is 7.56. The van der Waals surface area contributed by atoms with Crippen LogP contribution in [0.4, 0.5) is 5.82 Å². The van der Waals surface area contributed by atoms with Crippen molar-refractivity contribution in [2.45, 2.75) is 38.6 Å². The number of nitrogens with zero attached hydrogens (tertiary/aromatic N) is 7. The number of rotatable bonds is 3. The van der Waals surface area contributed by atoms with E-state index in [1.54, 1.807) is 18.7 Å². The quantitative estimate of drug-likeness (QED) is 0.860. The molecule has 0 spiro atoms. The van der Waals surface area contributed by atoms with E-state index in [1.165, 1.54) is 0 Å². The largest absolute Gasteiger partial charge is 0.353 e. The molecular weight excluding hydrogens is 278 g/mol. The van der Waals surface area contributed by atoms with Crippen molar-refractivity contribution in [2.75, 3.05) is 18.0 Å². The lowest BCUT2D eigenvalue weighted by atomic mass is 9.96. The van der Waals surface area contributed by atoms with Crippen molar-refractivity contribution in [2.24, 2.45) is 0 Å². The third-order valence-electron chi connectivity index (χ3n) is 4.03. The lowest BCUT2D eigenvalue weighted by Gasteiger charge is -2.33. The molecule has 22 heavy (non-hydrogen) atoms. The van der Waals surface area contributed by atoms with Crippen LogP contribution in [0.3, 0.4) is 0 Å². The Hall–Kier alpha value is -2.49. The zero-order chi connectivity index (χ0) is 15.5. The fraction of sp³-hybridized carbons (Fsp3) is 0.533. The summed E-state index contributed by atoms with van der Waals surface area (Å²) in [6.45, 7) is 5.94. The minimum Gasteiger partial charge on any atom is -0.353 e. The summed E-state index contributed by atoms with van der Waals surface area (Å²) >= 11 is 0. The highest BCUT2D eigenvalue weighted by Crippen LogP contribution is 2.29. The summed E-state index contributed by atoms with van der Waals surface area (Å²) in [7, 11) is 0. The average Bonchev–Trinajstić information content (AvgIpc) is 3.05. The van der Waals surface area contributed by atoms with Crippen LogP contribution in [0.15, 0.2) is 18.7 Å². The molecule has 1 fully saturated rings. The van der Waals surface area contributed by atoms with E-state index in [2.05, 4.69) is 49.5 Å². The molecule has 1 aliphatic heterocycles. The van der Waals surface area contributed by atoms with Gasteiger partial charge in [-0.2, -0.15) is 5.26 Å². The van der Waals surface area contributed by atoms with Crippen molar-refractivity contribution in [1.82, 2.24) is 24.7 Å². The molecule has 1 saturated heterocycles. The van der Waals surface area contributed by atoms with E-state index >= 15 is 0 Å². The SMILES string of the molecule is CC(C)n1cnnc1[C@@H]1CCCN(c2nccnc2C#N)C1. The maximum absolute atomic E-state index is 9.21. The van der Waals surface area contributed by atoms with Crippen molar-refractivity contribution in [1.29, 1.82) is 5.26 Å². The van der Waals surface area contributed by atoms with Crippen LogP contribution in [-0.4, -0.2) is 37.8 Å². The Morgan fingerprint density at radius 3 is 2.91 bits per heavy atom. The van der Waals surface area contributed by atoms with Gasteiger partial charge in [-0.05, 0) is 26.7 Å². The molecule has 0 aliphatic carbocycles. The minimum absolute atomic E-state index is 0.298. The minimum atomic E-state index is 0.298. The Morgan fingerprint density at radius 2 is 2.14 bits per heavy atom. The van der Waals surface area contributed by atoms with Gasteiger partial charge in [-0.25, -0.2) is 9.97 Å². The number of aromatic nitrogens is 5. The maximum Gasteiger partial charge on any atom is 0.183 e. The van der Waals surface area contributed by atoms with Crippen LogP contribution in [0.25, 0.3) is 0 Å². The predicted octanol–water partition coefficient (Wildman–Crippen LogP) is 1.90. The zero-order valence-corrected chi connectivity index (χ0v) is 12.8. The van der Waals surface area contributed by atoms with Crippen molar-refractivity contribution in [3.63, 3.8) is 0 Å². The molecule has 0 aromatic carbocycles. The highest BCUT2D eigenvalue weighted by atomic mass is 15.3. The number of hydrogen-bond donors (Lipinski definition) is 0. The summed E-state index contributed by atoms with van der Waals surface area (Å²) in [5.41, 5.74) is 0.383. The Labute approximate surface area is 129 Å². The first-order chi connectivity index (χ1) is 10.7. The van der Waals surface area contributed by atoms with E-state index in [0.29, 0.717) is 23.5 Å². The average molecular weight is 297 g/mol. The molecule has 114 valence electrons. The Bertz CT molecular complexity index is 685. The second-order valence-electron chi connectivity index (χ2n) is 5.82. The second-order valence-corrected chi connectivity index (χ2v) is 5.82. The molecule has 0 N–H and O–H groups in total. The zero-order valence-electron chi connectivity index (χ0n) is 12.8. The summed E-state index contributed by atoms with van der Waals surface area (Å²) in [5.74, 6) is 1.99. The van der Waals surface area contributed by atoms with Gasteiger partial charge in [0.1, 0.15) is 18.2 Å². The molecule has 3 heterocycles. The van der Waals surface area contributed by atoms with E-state index in [4.69, 9.17) is 0 Å². The van der Waals surface area contributed by atoms with Gasteiger partial charge >= 0.3 is 0 Å². The first-order valence-corrected chi connectivity index (χ1v) is 7.56. The molecule has 0 unspecified atom stereocenters. The number of anilines is 1. The van der Waals surface area contributed by atoms with Gasteiger partial charge in [0.25, 0.3) is 0 Å². The normalized spacial score (nSPS) is 18.5. The molecule has 2 aromatic heterocycles. The van der Waals surface area contributed by atoms with Gasteiger partial charge in [-0.15, -0.1) is 10.2 Å². The summed E-state index contributed by atoms with van der Waals surface area (Å²) in [5, 5.41) is 17.6. The van der Waals surface area contributed by atoms with Crippen molar-refractivity contribution in [3.8, 4) is 6.07 Å². The summed E-state index contributed by atoms with van der Waals surface area (Å²) in [6, 6.07) is 2.46. The monoisotopic (exact) mass is 297 g/mol. The number of nitriles is 1. The van der Waals surface area contributed by atoms with E-state index in [-0.39, 0.29) is 0 Å². The van der Waals surface area contributed by atoms with Crippen LogP contribution >= 0.6 is 0 Å². The highest BCUT2D eigenvalue weighted by Gasteiger charge is 2.27. The smallest absolute Gasteiger partial charge is 0.183 e. The van der Waals surface area contributed by atoms with Crippen LogP contribution < -0.4 is 4.90 Å². The van der Waals surface area contributed by atoms with Crippen molar-refractivity contribution < 1.29 is 0 Å². The molecule has 0 saturated carbocycles. The topological polar surface area (TPSA) is 83.5 Å². The Morgan fingerprint density at radius 1 is 1.32 bits per heavy atom. The highest BCUT2D eigenvalue weighted by molar-refractivity contribution is 5.50. The van der Waals surface area contributed by atoms with Crippen molar-refractivity contribution in [3.05, 3.63) is 30.2 Å². The van der Waals surface area contributed by atoms with Crippen LogP contribution in [-0.2, 0) is 0 Å². The molecule has 0 radical (unpaired) electrons. The fourth-order valence-electron chi connectivity index (χ4n) is 2.96. The molecule has 0 bridgehead atoms. The third-order valence-corrected chi connectivity index (χ3v) is 4.03. The maximum atomic E-state index is 9.21. The van der Waals surface area contributed by atoms with Gasteiger partial charge in [0.2, 0.25) is 0 Å². The van der Waals surface area contributed by atoms with Gasteiger partial charge in [0, 0.05) is 37.4 Å². The fourth-order valence-corrected chi connectivity index (χ4v) is 2.96. The summed E-state index contributed by atoms with van der Waals surface area (Å²) < 4.78 is 2.12. The number of hydrogen-bond acceptors (Lipinski definition) is 6. The summed E-state index contributed by atoms with van der Waals surface area (Å²) in [6.07, 6.45) is 7.10. The van der Waals surface area contributed by atoms with Crippen molar-refractivity contribution >= 4 is 5.82 Å².